The van der Waals surface area contributed by atoms with Crippen LogP contribution in [-0.4, -0.2) is 28.9 Å². The Balaban J connectivity index is 0.00000289. The molecular formula is C22H19F3HfN3O3-. The molecular weight excluding hydrogens is 590 g/mol. The van der Waals surface area contributed by atoms with Gasteiger partial charge < -0.3 is 15.5 Å². The number of amides is 1. The van der Waals surface area contributed by atoms with E-state index in [4.69, 9.17) is 10.5 Å². The maximum absolute atomic E-state index is 14.4. The molecule has 3 N–H and O–H groups in total. The SMILES string of the molecule is COc1ccc(F)[c-]c1[C@@H]1CCC(F)(F)C[C@H]1c1cc(=O)c2c(C(N)=O)nccc2[nH]1.[Hf]. The number of H-pyrrole nitrogens is 1. The Hall–Kier alpha value is -2.49. The summed E-state index contributed by atoms with van der Waals surface area (Å²) in [6.45, 7) is 0. The molecule has 32 heavy (non-hydrogen) atoms. The van der Waals surface area contributed by atoms with Gasteiger partial charge in [-0.2, -0.15) is 0 Å². The van der Waals surface area contributed by atoms with Gasteiger partial charge in [-0.15, -0.1) is 23.8 Å². The molecule has 0 saturated heterocycles. The van der Waals surface area contributed by atoms with E-state index in [9.17, 15) is 22.8 Å². The van der Waals surface area contributed by atoms with Gasteiger partial charge in [-0.3, -0.25) is 14.6 Å². The maximum atomic E-state index is 14.4. The number of carbonyl (C=O) groups is 1. The first-order valence-electron chi connectivity index (χ1n) is 9.65. The van der Waals surface area contributed by atoms with Crippen molar-refractivity contribution in [3.05, 3.63) is 69.5 Å². The predicted octanol–water partition coefficient (Wildman–Crippen LogP) is 3.65. The van der Waals surface area contributed by atoms with Crippen molar-refractivity contribution in [2.75, 3.05) is 7.11 Å². The molecule has 1 saturated carbocycles. The van der Waals surface area contributed by atoms with E-state index in [1.165, 1.54) is 37.6 Å². The smallest absolute Gasteiger partial charge is 0.268 e. The molecule has 6 nitrogen and oxygen atoms in total. The van der Waals surface area contributed by atoms with Crippen LogP contribution in [-0.2, 0) is 25.8 Å². The zero-order valence-corrected chi connectivity index (χ0v) is 20.6. The van der Waals surface area contributed by atoms with Gasteiger partial charge >= 0.3 is 0 Å². The summed E-state index contributed by atoms with van der Waals surface area (Å²) in [4.78, 5) is 31.3. The number of ether oxygens (including phenoxy) is 1. The summed E-state index contributed by atoms with van der Waals surface area (Å²) in [7, 11) is 1.41. The molecule has 0 aliphatic heterocycles. The van der Waals surface area contributed by atoms with Crippen molar-refractivity contribution in [3.8, 4) is 5.75 Å². The van der Waals surface area contributed by atoms with Gasteiger partial charge in [-0.25, -0.2) is 13.2 Å². The van der Waals surface area contributed by atoms with Crippen LogP contribution in [0, 0.1) is 11.9 Å². The number of pyridine rings is 2. The molecule has 3 aromatic rings. The Morgan fingerprint density at radius 1 is 1.31 bits per heavy atom. The van der Waals surface area contributed by atoms with Gasteiger partial charge in [-0.05, 0) is 18.4 Å². The number of aromatic amines is 1. The summed E-state index contributed by atoms with van der Waals surface area (Å²) in [5.74, 6) is -5.51. The first-order chi connectivity index (χ1) is 14.7. The predicted molar refractivity (Wildman–Crippen MR) is 107 cm³/mol. The van der Waals surface area contributed by atoms with Crippen LogP contribution >= 0.6 is 0 Å². The number of nitrogens with one attached hydrogen (secondary N) is 1. The number of hydrogen-bond donors (Lipinski definition) is 2. The summed E-state index contributed by atoms with van der Waals surface area (Å²) >= 11 is 0. The molecule has 1 aliphatic rings. The first-order valence-corrected chi connectivity index (χ1v) is 9.65. The summed E-state index contributed by atoms with van der Waals surface area (Å²) < 4.78 is 48.0. The number of aromatic nitrogens is 2. The molecule has 1 fully saturated rings. The number of rotatable bonds is 4. The zero-order chi connectivity index (χ0) is 22.3. The van der Waals surface area contributed by atoms with E-state index < -0.39 is 41.3 Å². The number of methoxy groups -OCH3 is 1. The monoisotopic (exact) mass is 610 g/mol. The van der Waals surface area contributed by atoms with Crippen LogP contribution in [0.1, 0.15) is 52.8 Å². The number of benzene rings is 1. The van der Waals surface area contributed by atoms with Crippen molar-refractivity contribution in [2.24, 2.45) is 5.73 Å². The Bertz CT molecular complexity index is 1230. The molecule has 10 heteroatoms. The molecule has 1 amide bonds. The zero-order valence-electron chi connectivity index (χ0n) is 17.0. The van der Waals surface area contributed by atoms with Crippen LogP contribution in [0.25, 0.3) is 10.9 Å². The number of hydrogen-bond acceptors (Lipinski definition) is 4. The Morgan fingerprint density at radius 3 is 2.75 bits per heavy atom. The minimum atomic E-state index is -2.95. The van der Waals surface area contributed by atoms with E-state index in [0.29, 0.717) is 11.3 Å². The van der Waals surface area contributed by atoms with E-state index in [-0.39, 0.29) is 61.0 Å². The first kappa shape index (κ1) is 24.2. The van der Waals surface area contributed by atoms with Gasteiger partial charge in [0.2, 0.25) is 5.92 Å². The Labute approximate surface area is 200 Å². The van der Waals surface area contributed by atoms with E-state index in [1.54, 1.807) is 0 Å². The third-order valence-electron chi connectivity index (χ3n) is 5.71. The van der Waals surface area contributed by atoms with Crippen LogP contribution in [0.5, 0.6) is 5.75 Å². The van der Waals surface area contributed by atoms with Gasteiger partial charge in [0.25, 0.3) is 5.91 Å². The van der Waals surface area contributed by atoms with Gasteiger partial charge in [-0.1, -0.05) is 0 Å². The average molecular weight is 609 g/mol. The van der Waals surface area contributed by atoms with Crippen molar-refractivity contribution in [1.82, 2.24) is 9.97 Å². The van der Waals surface area contributed by atoms with E-state index in [1.807, 2.05) is 0 Å². The van der Waals surface area contributed by atoms with Crippen LogP contribution < -0.4 is 15.9 Å². The second kappa shape index (κ2) is 9.17. The van der Waals surface area contributed by atoms with Crippen molar-refractivity contribution < 1.29 is 48.5 Å². The fourth-order valence-corrected chi connectivity index (χ4v) is 4.34. The number of nitrogens with zero attached hydrogens (tertiary/aromatic N) is 1. The van der Waals surface area contributed by atoms with Crippen molar-refractivity contribution in [3.63, 3.8) is 0 Å². The third-order valence-corrected chi connectivity index (χ3v) is 5.71. The van der Waals surface area contributed by atoms with Gasteiger partial charge in [0.1, 0.15) is 5.69 Å². The summed E-state index contributed by atoms with van der Waals surface area (Å²) in [6, 6.07) is 7.87. The summed E-state index contributed by atoms with van der Waals surface area (Å²) in [6.07, 6.45) is 0.436. The van der Waals surface area contributed by atoms with Gasteiger partial charge in [0.15, 0.2) is 5.43 Å². The van der Waals surface area contributed by atoms with Crippen molar-refractivity contribution >= 4 is 16.8 Å². The minimum Gasteiger partial charge on any atom is -0.554 e. The molecule has 0 spiro atoms. The fourth-order valence-electron chi connectivity index (χ4n) is 4.34. The standard InChI is InChI=1S/C22H19F3N3O3.Hf/c1-31-18-3-2-11(23)8-13(18)12-4-6-22(24,25)10-14(12)16-9-17(29)19-15(28-16)5-7-27-20(19)21(26)30;/h2-3,5,7,9,12,14H,4,6,10H2,1H3,(H2,26,30)(H,28,29);/q-1;/t12-,14+;/m0./s1. The third kappa shape index (κ3) is 4.51. The van der Waals surface area contributed by atoms with Crippen LogP contribution in [0.3, 0.4) is 0 Å². The Morgan fingerprint density at radius 2 is 2.06 bits per heavy atom. The molecule has 1 aliphatic carbocycles. The number of halogens is 3. The topological polar surface area (TPSA) is 98.1 Å². The summed E-state index contributed by atoms with van der Waals surface area (Å²) in [5, 5.41) is -0.00670. The molecule has 0 unspecified atom stereocenters. The largest absolute Gasteiger partial charge is 0.554 e. The Kier molecular flexibility index (Phi) is 6.92. The molecule has 2 aromatic heterocycles. The number of nitrogens with two attached hydrogens (primary N) is 1. The van der Waals surface area contributed by atoms with Crippen molar-refractivity contribution in [2.45, 2.75) is 37.0 Å². The second-order valence-corrected chi connectivity index (χ2v) is 7.64. The quantitative estimate of drug-likeness (QED) is 0.349. The molecule has 166 valence electrons. The van der Waals surface area contributed by atoms with Crippen LogP contribution in [0.4, 0.5) is 13.2 Å². The normalized spacial score (nSPS) is 19.9. The maximum Gasteiger partial charge on any atom is 0.268 e. The number of fused-ring (bicyclic) bond motifs is 1. The van der Waals surface area contributed by atoms with E-state index in [2.05, 4.69) is 16.0 Å². The average Bonchev–Trinajstić information content (AvgIpc) is 2.72. The van der Waals surface area contributed by atoms with Crippen molar-refractivity contribution in [1.29, 1.82) is 0 Å². The molecule has 2 heterocycles. The second-order valence-electron chi connectivity index (χ2n) is 7.64. The number of carbonyl (C=O) groups excluding carboxylic acids is 1. The van der Waals surface area contributed by atoms with E-state index >= 15 is 0 Å². The van der Waals surface area contributed by atoms with Gasteiger partial charge in [0, 0.05) is 74.1 Å². The molecule has 2 atom stereocenters. The molecule has 4 rings (SSSR count). The fraction of sp³-hybridized carbons (Fsp3) is 0.318. The number of primary amides is 1. The minimum absolute atomic E-state index is 0. The molecule has 1 aromatic carbocycles. The van der Waals surface area contributed by atoms with E-state index in [0.717, 1.165) is 0 Å². The van der Waals surface area contributed by atoms with Gasteiger partial charge in [0.05, 0.1) is 18.0 Å². The number of alkyl halides is 2. The van der Waals surface area contributed by atoms with Crippen LogP contribution in [0.2, 0.25) is 0 Å². The molecule has 0 radical (unpaired) electrons. The van der Waals surface area contributed by atoms with Crippen LogP contribution in [0.15, 0.2) is 35.3 Å². The summed E-state index contributed by atoms with van der Waals surface area (Å²) in [5.41, 5.74) is 5.40. The molecule has 0 bridgehead atoms.